The second-order valence-electron chi connectivity index (χ2n) is 4.68. The van der Waals surface area contributed by atoms with E-state index in [1.165, 1.54) is 16.7 Å². The van der Waals surface area contributed by atoms with Crippen molar-refractivity contribution in [2.45, 2.75) is 13.3 Å². The molecule has 2 rings (SSSR count). The number of hydrogen-bond donors (Lipinski definition) is 0. The van der Waals surface area contributed by atoms with Gasteiger partial charge in [0.15, 0.2) is 5.15 Å². The molecule has 1 amide bonds. The molecule has 0 aromatic carbocycles. The lowest BCUT2D eigenvalue weighted by atomic mass is 10.3. The van der Waals surface area contributed by atoms with E-state index < -0.39 is 11.1 Å². The summed E-state index contributed by atoms with van der Waals surface area (Å²) in [6, 6.07) is 3.61. The van der Waals surface area contributed by atoms with E-state index in [0.717, 1.165) is 5.69 Å². The fraction of sp³-hybridized carbons (Fsp3) is 0.357. The van der Waals surface area contributed by atoms with E-state index in [-0.39, 0.29) is 22.6 Å². The number of pyridine rings is 1. The van der Waals surface area contributed by atoms with Crippen molar-refractivity contribution in [2.24, 2.45) is 0 Å². The van der Waals surface area contributed by atoms with Crippen molar-refractivity contribution < 1.29 is 13.6 Å². The maximum atomic E-state index is 12.4. The second kappa shape index (κ2) is 9.16. The van der Waals surface area contributed by atoms with Crippen molar-refractivity contribution in [3.63, 3.8) is 0 Å². The SMILES string of the molecule is CCN(C(=O)CCSCS(=O)[O-])c1cn(-c2cccnc2)nc1Cl. The van der Waals surface area contributed by atoms with Crippen LogP contribution in [0.5, 0.6) is 0 Å². The summed E-state index contributed by atoms with van der Waals surface area (Å²) in [6.07, 6.45) is 5.21. The Balaban J connectivity index is 2.08. The maximum absolute atomic E-state index is 12.4. The van der Waals surface area contributed by atoms with Crippen molar-refractivity contribution in [3.8, 4) is 5.69 Å². The molecule has 1 unspecified atom stereocenters. The molecule has 2 aromatic heterocycles. The third-order valence-electron chi connectivity index (χ3n) is 3.11. The fourth-order valence-corrected chi connectivity index (χ4v) is 3.62. The number of hydrogen-bond acceptors (Lipinski definition) is 6. The van der Waals surface area contributed by atoms with Crippen molar-refractivity contribution >= 4 is 46.0 Å². The van der Waals surface area contributed by atoms with Crippen LogP contribution in [0, 0.1) is 0 Å². The highest BCUT2D eigenvalue weighted by molar-refractivity contribution is 8.08. The van der Waals surface area contributed by atoms with Crippen molar-refractivity contribution in [1.29, 1.82) is 0 Å². The standard InChI is InChI=1S/C14H17ClN4O3S2/c1-2-18(13(20)5-7-23-10-24(21)22)12-9-19(17-14(12)15)11-4-3-6-16-8-11/h3-4,6,8-9H,2,5,7,10H2,1H3,(H,21,22)/p-1. The number of nitrogens with zero attached hydrogens (tertiary/aromatic N) is 4. The minimum Gasteiger partial charge on any atom is -0.772 e. The van der Waals surface area contributed by atoms with E-state index in [1.807, 2.05) is 13.0 Å². The van der Waals surface area contributed by atoms with E-state index >= 15 is 0 Å². The Kier molecular flexibility index (Phi) is 7.22. The molecule has 0 aliphatic heterocycles. The number of carbonyl (C=O) groups is 1. The smallest absolute Gasteiger partial charge is 0.227 e. The molecule has 24 heavy (non-hydrogen) atoms. The molecule has 0 radical (unpaired) electrons. The van der Waals surface area contributed by atoms with Crippen molar-refractivity contribution in [3.05, 3.63) is 35.9 Å². The van der Waals surface area contributed by atoms with Crippen LogP contribution in [0.25, 0.3) is 5.69 Å². The van der Waals surface area contributed by atoms with E-state index in [0.29, 0.717) is 18.0 Å². The first kappa shape index (κ1) is 18.9. The number of carbonyl (C=O) groups excluding carboxylic acids is 1. The number of thioether (sulfide) groups is 1. The molecule has 0 aliphatic rings. The van der Waals surface area contributed by atoms with Crippen LogP contribution in [0.1, 0.15) is 13.3 Å². The van der Waals surface area contributed by atoms with Crippen LogP contribution in [-0.2, 0) is 15.9 Å². The molecule has 0 N–H and O–H groups in total. The fourth-order valence-electron chi connectivity index (χ4n) is 2.05. The first-order valence-corrected chi connectivity index (χ1v) is 9.90. The molecule has 1 atom stereocenters. The molecule has 10 heteroatoms. The highest BCUT2D eigenvalue weighted by atomic mass is 35.5. The van der Waals surface area contributed by atoms with Gasteiger partial charge in [0.1, 0.15) is 5.69 Å². The van der Waals surface area contributed by atoms with Gasteiger partial charge in [-0.05, 0) is 30.1 Å². The van der Waals surface area contributed by atoms with Gasteiger partial charge >= 0.3 is 0 Å². The van der Waals surface area contributed by atoms with Gasteiger partial charge in [0.25, 0.3) is 0 Å². The van der Waals surface area contributed by atoms with Crippen LogP contribution in [-0.4, -0.2) is 46.8 Å². The van der Waals surface area contributed by atoms with Gasteiger partial charge in [0, 0.05) is 24.9 Å². The van der Waals surface area contributed by atoms with Gasteiger partial charge in [-0.25, -0.2) is 4.68 Å². The summed E-state index contributed by atoms with van der Waals surface area (Å²) >= 11 is 5.28. The van der Waals surface area contributed by atoms with E-state index in [4.69, 9.17) is 11.6 Å². The second-order valence-corrected chi connectivity index (χ2v) is 7.40. The van der Waals surface area contributed by atoms with Crippen LogP contribution in [0.15, 0.2) is 30.7 Å². The van der Waals surface area contributed by atoms with E-state index in [1.54, 1.807) is 29.3 Å². The van der Waals surface area contributed by atoms with Gasteiger partial charge in [-0.15, -0.1) is 11.8 Å². The molecule has 2 heterocycles. The monoisotopic (exact) mass is 387 g/mol. The van der Waals surface area contributed by atoms with Gasteiger partial charge in [-0.3, -0.25) is 14.0 Å². The molecule has 0 bridgehead atoms. The Labute approximate surface area is 151 Å². The Bertz CT molecular complexity index is 711. The minimum atomic E-state index is -2.10. The van der Waals surface area contributed by atoms with Crippen LogP contribution in [0.4, 0.5) is 5.69 Å². The lowest BCUT2D eigenvalue weighted by Gasteiger charge is -2.19. The molecule has 2 aromatic rings. The molecule has 0 saturated heterocycles. The molecular weight excluding hydrogens is 372 g/mol. The zero-order valence-corrected chi connectivity index (χ0v) is 15.3. The third-order valence-corrected chi connectivity index (χ3v) is 5.31. The zero-order chi connectivity index (χ0) is 17.5. The summed E-state index contributed by atoms with van der Waals surface area (Å²) in [5, 5.41) is 4.42. The topological polar surface area (TPSA) is 91.2 Å². The zero-order valence-electron chi connectivity index (χ0n) is 12.9. The van der Waals surface area contributed by atoms with Crippen LogP contribution in [0.3, 0.4) is 0 Å². The average Bonchev–Trinajstić information content (AvgIpc) is 2.95. The normalized spacial score (nSPS) is 12.1. The number of aromatic nitrogens is 3. The van der Waals surface area contributed by atoms with Gasteiger partial charge in [0.05, 0.1) is 23.2 Å². The van der Waals surface area contributed by atoms with Crippen LogP contribution >= 0.6 is 23.4 Å². The largest absolute Gasteiger partial charge is 0.772 e. The predicted octanol–water partition coefficient (Wildman–Crippen LogP) is 2.23. The summed E-state index contributed by atoms with van der Waals surface area (Å²) in [5.41, 5.74) is 1.26. The van der Waals surface area contributed by atoms with Crippen molar-refractivity contribution in [2.75, 3.05) is 22.3 Å². The lowest BCUT2D eigenvalue weighted by Crippen LogP contribution is -2.30. The summed E-state index contributed by atoms with van der Waals surface area (Å²) in [6.45, 7) is 2.28. The summed E-state index contributed by atoms with van der Waals surface area (Å²) in [5.74, 6) is 0.298. The number of anilines is 1. The van der Waals surface area contributed by atoms with Gasteiger partial charge < -0.3 is 9.45 Å². The molecule has 7 nitrogen and oxygen atoms in total. The molecular formula is C14H16ClN4O3S2-. The number of halogens is 1. The lowest BCUT2D eigenvalue weighted by molar-refractivity contribution is -0.118. The molecule has 0 spiro atoms. The van der Waals surface area contributed by atoms with Crippen molar-refractivity contribution in [1.82, 2.24) is 14.8 Å². The quantitative estimate of drug-likeness (QED) is 0.509. The molecule has 0 fully saturated rings. The summed E-state index contributed by atoms with van der Waals surface area (Å²) < 4.78 is 22.5. The molecule has 130 valence electrons. The molecule has 0 aliphatic carbocycles. The Hall–Kier alpha value is -1.42. The highest BCUT2D eigenvalue weighted by Crippen LogP contribution is 2.26. The minimum absolute atomic E-state index is 0.0148. The molecule has 0 saturated carbocycles. The Morgan fingerprint density at radius 1 is 1.54 bits per heavy atom. The summed E-state index contributed by atoms with van der Waals surface area (Å²) in [7, 11) is 0. The van der Waals surface area contributed by atoms with Crippen LogP contribution in [0.2, 0.25) is 5.15 Å². The van der Waals surface area contributed by atoms with Gasteiger partial charge in [-0.1, -0.05) is 11.6 Å². The maximum Gasteiger partial charge on any atom is 0.227 e. The predicted molar refractivity (Wildman–Crippen MR) is 95.3 cm³/mol. The first-order valence-electron chi connectivity index (χ1n) is 7.12. The average molecular weight is 388 g/mol. The van der Waals surface area contributed by atoms with E-state index in [2.05, 4.69) is 10.1 Å². The number of amides is 1. The number of rotatable bonds is 8. The van der Waals surface area contributed by atoms with Gasteiger partial charge in [-0.2, -0.15) is 5.10 Å². The Morgan fingerprint density at radius 2 is 2.33 bits per heavy atom. The van der Waals surface area contributed by atoms with E-state index in [9.17, 15) is 13.6 Å². The third kappa shape index (κ3) is 5.04. The summed E-state index contributed by atoms with van der Waals surface area (Å²) in [4.78, 5) is 17.9. The Morgan fingerprint density at radius 3 is 2.96 bits per heavy atom. The van der Waals surface area contributed by atoms with Gasteiger partial charge in [0.2, 0.25) is 5.91 Å². The first-order chi connectivity index (χ1) is 11.5. The van der Waals surface area contributed by atoms with Crippen LogP contribution < -0.4 is 4.90 Å². The highest BCUT2D eigenvalue weighted by Gasteiger charge is 2.20.